The minimum Gasteiger partial charge on any atom is -0.481 e. The van der Waals surface area contributed by atoms with Gasteiger partial charge >= 0.3 is 18.0 Å². The highest BCUT2D eigenvalue weighted by molar-refractivity contribution is 5.88. The fraction of sp³-hybridized carbons (Fsp3) is 0.636. The number of urea groups is 1. The second kappa shape index (κ2) is 8.04. The molecule has 3 amide bonds. The van der Waals surface area contributed by atoms with Gasteiger partial charge in [0.2, 0.25) is 5.91 Å². The normalized spacial score (nSPS) is 15.9. The molecule has 0 radical (unpaired) electrons. The summed E-state index contributed by atoms with van der Waals surface area (Å²) < 4.78 is 0. The van der Waals surface area contributed by atoms with E-state index in [9.17, 15) is 19.2 Å². The van der Waals surface area contributed by atoms with Gasteiger partial charge in [-0.25, -0.2) is 9.59 Å². The van der Waals surface area contributed by atoms with Gasteiger partial charge in [-0.05, 0) is 0 Å². The van der Waals surface area contributed by atoms with Gasteiger partial charge in [0.05, 0.1) is 13.0 Å². The van der Waals surface area contributed by atoms with Crippen LogP contribution in [-0.4, -0.2) is 77.8 Å². The maximum atomic E-state index is 11.7. The lowest BCUT2D eigenvalue weighted by Crippen LogP contribution is -2.52. The molecule has 1 rings (SSSR count). The maximum absolute atomic E-state index is 11.7. The first kappa shape index (κ1) is 16.7. The third-order valence-corrected chi connectivity index (χ3v) is 2.85. The average Bonchev–Trinajstić information content (AvgIpc) is 2.44. The van der Waals surface area contributed by atoms with Gasteiger partial charge in [-0.15, -0.1) is 0 Å². The molecule has 1 heterocycles. The molecule has 1 atom stereocenters. The van der Waals surface area contributed by atoms with E-state index in [1.54, 1.807) is 4.90 Å². The molecule has 10 heteroatoms. The number of hydrogen-bond donors (Lipinski definition) is 5. The van der Waals surface area contributed by atoms with Crippen molar-refractivity contribution < 1.29 is 29.4 Å². The number of nitrogens with one attached hydrogen (secondary N) is 3. The molecule has 1 fully saturated rings. The number of amides is 3. The topological polar surface area (TPSA) is 148 Å². The summed E-state index contributed by atoms with van der Waals surface area (Å²) in [6.45, 7) is 2.16. The zero-order valence-electron chi connectivity index (χ0n) is 11.3. The van der Waals surface area contributed by atoms with Crippen LogP contribution in [0, 0.1) is 0 Å². The third kappa shape index (κ3) is 6.08. The monoisotopic (exact) mass is 302 g/mol. The van der Waals surface area contributed by atoms with Gasteiger partial charge < -0.3 is 31.1 Å². The van der Waals surface area contributed by atoms with Crippen LogP contribution < -0.4 is 16.0 Å². The van der Waals surface area contributed by atoms with Gasteiger partial charge in [-0.2, -0.15) is 0 Å². The van der Waals surface area contributed by atoms with E-state index in [1.165, 1.54) is 0 Å². The predicted octanol–water partition coefficient (Wildman–Crippen LogP) is -2.35. The van der Waals surface area contributed by atoms with Gasteiger partial charge in [0.25, 0.3) is 0 Å². The largest absolute Gasteiger partial charge is 0.481 e. The number of nitrogens with zero attached hydrogens (tertiary/aromatic N) is 1. The number of carbonyl (C=O) groups is 4. The van der Waals surface area contributed by atoms with E-state index in [-0.39, 0.29) is 12.5 Å². The van der Waals surface area contributed by atoms with Gasteiger partial charge in [-0.3, -0.25) is 9.59 Å². The van der Waals surface area contributed by atoms with Crippen LogP contribution in [0.2, 0.25) is 0 Å². The Kier molecular flexibility index (Phi) is 6.40. The third-order valence-electron chi connectivity index (χ3n) is 2.85. The van der Waals surface area contributed by atoms with Gasteiger partial charge in [-0.1, -0.05) is 0 Å². The van der Waals surface area contributed by atoms with Crippen LogP contribution in [0.25, 0.3) is 0 Å². The number of hydrogen-bond acceptors (Lipinski definition) is 5. The first-order chi connectivity index (χ1) is 9.90. The summed E-state index contributed by atoms with van der Waals surface area (Å²) >= 11 is 0. The Bertz CT molecular complexity index is 421. The quantitative estimate of drug-likeness (QED) is 0.369. The lowest BCUT2D eigenvalue weighted by atomic mass is 10.2. The predicted molar refractivity (Wildman–Crippen MR) is 69.7 cm³/mol. The zero-order chi connectivity index (χ0) is 15.8. The lowest BCUT2D eigenvalue weighted by molar-refractivity contribution is -0.145. The molecule has 118 valence electrons. The Morgan fingerprint density at radius 1 is 1.14 bits per heavy atom. The number of rotatable bonds is 6. The Hall–Kier alpha value is -2.36. The van der Waals surface area contributed by atoms with Crippen LogP contribution in [0.15, 0.2) is 0 Å². The van der Waals surface area contributed by atoms with Crippen molar-refractivity contribution in [3.05, 3.63) is 0 Å². The van der Waals surface area contributed by atoms with Crippen molar-refractivity contribution in [2.24, 2.45) is 0 Å². The van der Waals surface area contributed by atoms with Crippen LogP contribution in [-0.2, 0) is 14.4 Å². The Morgan fingerprint density at radius 3 is 2.29 bits per heavy atom. The summed E-state index contributed by atoms with van der Waals surface area (Å²) in [5.41, 5.74) is 0. The molecule has 21 heavy (non-hydrogen) atoms. The highest BCUT2D eigenvalue weighted by Crippen LogP contribution is 1.94. The highest BCUT2D eigenvalue weighted by atomic mass is 16.4. The minimum absolute atomic E-state index is 0.273. The molecule has 0 unspecified atom stereocenters. The lowest BCUT2D eigenvalue weighted by Gasteiger charge is -2.27. The standard InChI is InChI=1S/C11H18N4O6/c16-8(15-3-1-12-2-4-15)6-13-11(21)14-7(10(19)20)5-9(17)18/h7,12H,1-6H2,(H,17,18)(H,19,20)(H2,13,14,21)/t7-/m1/s1. The fourth-order valence-corrected chi connectivity index (χ4v) is 1.77. The summed E-state index contributed by atoms with van der Waals surface area (Å²) in [6, 6.07) is -2.44. The van der Waals surface area contributed by atoms with E-state index < -0.39 is 30.4 Å². The summed E-state index contributed by atoms with van der Waals surface area (Å²) in [6.07, 6.45) is -0.742. The van der Waals surface area contributed by atoms with E-state index in [0.29, 0.717) is 26.2 Å². The van der Waals surface area contributed by atoms with Gasteiger partial charge in [0.15, 0.2) is 0 Å². The molecule has 0 aromatic carbocycles. The van der Waals surface area contributed by atoms with E-state index in [2.05, 4.69) is 10.6 Å². The average molecular weight is 302 g/mol. The SMILES string of the molecule is O=C(O)C[C@@H](NC(=O)NCC(=O)N1CCNCC1)C(=O)O. The molecule has 1 saturated heterocycles. The molecule has 0 saturated carbocycles. The van der Waals surface area contributed by atoms with Crippen molar-refractivity contribution in [1.29, 1.82) is 0 Å². The molecular formula is C11H18N4O6. The Balaban J connectivity index is 2.36. The number of piperazine rings is 1. The number of carboxylic acids is 2. The summed E-state index contributed by atoms with van der Waals surface area (Å²) in [7, 11) is 0. The first-order valence-electron chi connectivity index (χ1n) is 6.37. The fourth-order valence-electron chi connectivity index (χ4n) is 1.77. The number of aliphatic carboxylic acids is 2. The highest BCUT2D eigenvalue weighted by Gasteiger charge is 2.23. The molecule has 0 aromatic rings. The second-order valence-corrected chi connectivity index (χ2v) is 4.45. The van der Waals surface area contributed by atoms with Crippen molar-refractivity contribution in [2.75, 3.05) is 32.7 Å². The van der Waals surface area contributed by atoms with E-state index in [0.717, 1.165) is 0 Å². The second-order valence-electron chi connectivity index (χ2n) is 4.45. The minimum atomic E-state index is -1.54. The van der Waals surface area contributed by atoms with Crippen LogP contribution in [0.5, 0.6) is 0 Å². The molecule has 0 aromatic heterocycles. The maximum Gasteiger partial charge on any atom is 0.326 e. The molecule has 1 aliphatic heterocycles. The van der Waals surface area contributed by atoms with Crippen LogP contribution in [0.3, 0.4) is 0 Å². The van der Waals surface area contributed by atoms with Crippen molar-refractivity contribution in [3.8, 4) is 0 Å². The molecule has 0 bridgehead atoms. The molecular weight excluding hydrogens is 284 g/mol. The van der Waals surface area contributed by atoms with Crippen LogP contribution in [0.4, 0.5) is 4.79 Å². The smallest absolute Gasteiger partial charge is 0.326 e. The van der Waals surface area contributed by atoms with E-state index >= 15 is 0 Å². The van der Waals surface area contributed by atoms with Crippen LogP contribution >= 0.6 is 0 Å². The summed E-state index contributed by atoms with van der Waals surface area (Å²) in [4.78, 5) is 46.0. The van der Waals surface area contributed by atoms with Crippen LogP contribution in [0.1, 0.15) is 6.42 Å². The summed E-state index contributed by atoms with van der Waals surface area (Å²) in [5.74, 6) is -3.09. The molecule has 5 N–H and O–H groups in total. The zero-order valence-corrected chi connectivity index (χ0v) is 11.3. The molecule has 1 aliphatic rings. The molecule has 0 aliphatic carbocycles. The van der Waals surface area contributed by atoms with Crippen molar-refractivity contribution in [1.82, 2.24) is 20.9 Å². The molecule has 10 nitrogen and oxygen atoms in total. The number of carboxylic acid groups (broad SMARTS) is 2. The van der Waals surface area contributed by atoms with E-state index in [1.807, 2.05) is 5.32 Å². The Morgan fingerprint density at radius 2 is 1.76 bits per heavy atom. The summed E-state index contributed by atoms with van der Waals surface area (Å²) in [5, 5.41) is 24.6. The van der Waals surface area contributed by atoms with E-state index in [4.69, 9.17) is 10.2 Å². The van der Waals surface area contributed by atoms with Crippen molar-refractivity contribution in [3.63, 3.8) is 0 Å². The van der Waals surface area contributed by atoms with Crippen molar-refractivity contribution in [2.45, 2.75) is 12.5 Å². The van der Waals surface area contributed by atoms with Gasteiger partial charge in [0, 0.05) is 26.2 Å². The number of carbonyl (C=O) groups excluding carboxylic acids is 2. The first-order valence-corrected chi connectivity index (χ1v) is 6.37. The molecule has 0 spiro atoms. The Labute approximate surface area is 120 Å². The van der Waals surface area contributed by atoms with Crippen molar-refractivity contribution >= 4 is 23.9 Å². The van der Waals surface area contributed by atoms with Gasteiger partial charge in [0.1, 0.15) is 6.04 Å².